The van der Waals surface area contributed by atoms with Crippen LogP contribution in [0.25, 0.3) is 0 Å². The lowest BCUT2D eigenvalue weighted by Crippen LogP contribution is -2.46. The Hall–Kier alpha value is -1.37. The number of ether oxygens (including phenoxy) is 2. The van der Waals surface area contributed by atoms with Crippen molar-refractivity contribution >= 4 is 29.3 Å². The van der Waals surface area contributed by atoms with Crippen molar-refractivity contribution < 1.29 is 19.1 Å². The van der Waals surface area contributed by atoms with Crippen molar-refractivity contribution in [3.8, 4) is 0 Å². The molecule has 0 radical (unpaired) electrons. The lowest BCUT2D eigenvalue weighted by atomic mass is 10.2. The number of hydrogen-bond donors (Lipinski definition) is 2. The Morgan fingerprint density at radius 1 is 1.41 bits per heavy atom. The Morgan fingerprint density at radius 3 is 2.29 bits per heavy atom. The number of carbonyl (C=O) groups excluding carboxylic acids is 2. The largest absolute Gasteiger partial charge is 0.469 e. The van der Waals surface area contributed by atoms with Crippen LogP contribution in [0.5, 0.6) is 0 Å². The fourth-order valence-corrected chi connectivity index (χ4v) is 1.06. The highest BCUT2D eigenvalue weighted by Crippen LogP contribution is 2.07. The van der Waals surface area contributed by atoms with Gasteiger partial charge in [0.2, 0.25) is 0 Å². The Morgan fingerprint density at radius 2 is 1.94 bits per heavy atom. The molecule has 1 amide bonds. The molecule has 0 aliphatic rings. The summed E-state index contributed by atoms with van der Waals surface area (Å²) in [5.74, 6) is -0.515. The van der Waals surface area contributed by atoms with E-state index in [0.29, 0.717) is 0 Å². The molecule has 0 saturated carbocycles. The molecule has 7 heteroatoms. The van der Waals surface area contributed by atoms with Crippen molar-refractivity contribution in [2.24, 2.45) is 5.73 Å². The van der Waals surface area contributed by atoms with Crippen LogP contribution in [-0.4, -0.2) is 35.8 Å². The first-order valence-electron chi connectivity index (χ1n) is 5.01. The van der Waals surface area contributed by atoms with Gasteiger partial charge in [0.25, 0.3) is 0 Å². The van der Waals surface area contributed by atoms with Crippen molar-refractivity contribution in [3.63, 3.8) is 0 Å². The van der Waals surface area contributed by atoms with Gasteiger partial charge in [-0.2, -0.15) is 0 Å². The maximum atomic E-state index is 11.4. The Bertz CT molecular complexity index is 312. The Balaban J connectivity index is 4.41. The highest BCUT2D eigenvalue weighted by atomic mass is 32.1. The summed E-state index contributed by atoms with van der Waals surface area (Å²) in [5.41, 5.74) is 4.78. The van der Waals surface area contributed by atoms with Crippen molar-refractivity contribution in [2.75, 3.05) is 7.11 Å². The number of thiocarbonyl (C=S) groups is 1. The second kappa shape index (κ2) is 6.39. The van der Waals surface area contributed by atoms with Crippen molar-refractivity contribution in [1.82, 2.24) is 5.32 Å². The van der Waals surface area contributed by atoms with E-state index in [1.54, 1.807) is 20.8 Å². The molecular formula is C10H18N2O4S. The molecule has 1 atom stereocenters. The molecule has 0 aromatic heterocycles. The average molecular weight is 262 g/mol. The van der Waals surface area contributed by atoms with Gasteiger partial charge in [0.1, 0.15) is 5.60 Å². The molecule has 0 aliphatic heterocycles. The minimum Gasteiger partial charge on any atom is -0.469 e. The Kier molecular flexibility index (Phi) is 5.87. The summed E-state index contributed by atoms with van der Waals surface area (Å²) >= 11 is 4.74. The van der Waals surface area contributed by atoms with E-state index < -0.39 is 23.7 Å². The molecule has 17 heavy (non-hydrogen) atoms. The average Bonchev–Trinajstić information content (AvgIpc) is 2.13. The van der Waals surface area contributed by atoms with E-state index in [-0.39, 0.29) is 11.4 Å². The molecule has 0 aromatic carbocycles. The number of nitrogens with one attached hydrogen (secondary N) is 1. The standard InChI is InChI=1S/C10H18N2O4S/c1-10(2,3)16-9(14)12-6(8(11)17)5-7(13)15-4/h6H,5H2,1-4H3,(H2,11,17)(H,12,14)/t6-/m0/s1. The SMILES string of the molecule is COC(=O)C[C@H](NC(=O)OC(C)(C)C)C(N)=S. The van der Waals surface area contributed by atoms with Crippen LogP contribution >= 0.6 is 12.2 Å². The van der Waals surface area contributed by atoms with Gasteiger partial charge in [0.15, 0.2) is 0 Å². The van der Waals surface area contributed by atoms with Crippen LogP contribution in [-0.2, 0) is 14.3 Å². The van der Waals surface area contributed by atoms with E-state index >= 15 is 0 Å². The summed E-state index contributed by atoms with van der Waals surface area (Å²) in [5, 5.41) is 2.41. The van der Waals surface area contributed by atoms with Crippen LogP contribution in [0.4, 0.5) is 4.79 Å². The van der Waals surface area contributed by atoms with Crippen LogP contribution in [0.2, 0.25) is 0 Å². The number of esters is 1. The number of nitrogens with two attached hydrogens (primary N) is 1. The molecule has 0 spiro atoms. The number of methoxy groups -OCH3 is 1. The zero-order valence-electron chi connectivity index (χ0n) is 10.4. The third-order valence-corrected chi connectivity index (χ3v) is 1.92. The first kappa shape index (κ1) is 15.6. The fraction of sp³-hybridized carbons (Fsp3) is 0.700. The summed E-state index contributed by atoms with van der Waals surface area (Å²) in [6, 6.07) is -0.771. The van der Waals surface area contributed by atoms with Crippen LogP contribution in [0.15, 0.2) is 0 Å². The predicted octanol–water partition coefficient (Wildman–Crippen LogP) is 0.729. The van der Waals surface area contributed by atoms with E-state index in [1.165, 1.54) is 7.11 Å². The third-order valence-electron chi connectivity index (χ3n) is 1.63. The molecule has 0 aromatic rings. The summed E-state index contributed by atoms with van der Waals surface area (Å²) in [6.45, 7) is 5.17. The highest BCUT2D eigenvalue weighted by molar-refractivity contribution is 7.80. The van der Waals surface area contributed by atoms with Crippen molar-refractivity contribution in [2.45, 2.75) is 38.8 Å². The quantitative estimate of drug-likeness (QED) is 0.573. The van der Waals surface area contributed by atoms with Gasteiger partial charge in [0, 0.05) is 0 Å². The molecular weight excluding hydrogens is 244 g/mol. The fourth-order valence-electron chi connectivity index (χ4n) is 0.923. The maximum Gasteiger partial charge on any atom is 0.408 e. The number of alkyl carbamates (subject to hydrolysis) is 1. The first-order valence-corrected chi connectivity index (χ1v) is 5.42. The highest BCUT2D eigenvalue weighted by Gasteiger charge is 2.23. The van der Waals surface area contributed by atoms with Crippen molar-refractivity contribution in [1.29, 1.82) is 0 Å². The topological polar surface area (TPSA) is 90.6 Å². The monoisotopic (exact) mass is 262 g/mol. The maximum absolute atomic E-state index is 11.4. The summed E-state index contributed by atoms with van der Waals surface area (Å²) in [4.78, 5) is 22.5. The number of amides is 1. The summed E-state index contributed by atoms with van der Waals surface area (Å²) in [7, 11) is 1.24. The molecule has 0 rings (SSSR count). The lowest BCUT2D eigenvalue weighted by molar-refractivity contribution is -0.140. The van der Waals surface area contributed by atoms with Gasteiger partial charge in [0.05, 0.1) is 24.6 Å². The number of rotatable bonds is 4. The molecule has 6 nitrogen and oxygen atoms in total. The van der Waals surface area contributed by atoms with Gasteiger partial charge in [-0.1, -0.05) is 12.2 Å². The van der Waals surface area contributed by atoms with E-state index in [1.807, 2.05) is 0 Å². The molecule has 0 bridgehead atoms. The van der Waals surface area contributed by atoms with E-state index in [2.05, 4.69) is 10.1 Å². The van der Waals surface area contributed by atoms with Crippen LogP contribution in [0.1, 0.15) is 27.2 Å². The Labute approximate surface area is 106 Å². The molecule has 98 valence electrons. The van der Waals surface area contributed by atoms with Gasteiger partial charge in [-0.15, -0.1) is 0 Å². The third kappa shape index (κ3) is 7.51. The minimum atomic E-state index is -0.771. The van der Waals surface area contributed by atoms with Crippen LogP contribution in [0.3, 0.4) is 0 Å². The zero-order valence-corrected chi connectivity index (χ0v) is 11.2. The second-order valence-corrected chi connectivity index (χ2v) is 4.85. The first-order chi connectivity index (χ1) is 7.65. The lowest BCUT2D eigenvalue weighted by Gasteiger charge is -2.22. The molecule has 0 saturated heterocycles. The van der Waals surface area contributed by atoms with Gasteiger partial charge >= 0.3 is 12.1 Å². The van der Waals surface area contributed by atoms with Crippen molar-refractivity contribution in [3.05, 3.63) is 0 Å². The normalized spacial score (nSPS) is 12.5. The van der Waals surface area contributed by atoms with Gasteiger partial charge in [-0.3, -0.25) is 4.79 Å². The number of carbonyl (C=O) groups is 2. The number of hydrogen-bond acceptors (Lipinski definition) is 5. The predicted molar refractivity (Wildman–Crippen MR) is 66.6 cm³/mol. The molecule has 3 N–H and O–H groups in total. The van der Waals surface area contributed by atoms with Gasteiger partial charge in [-0.25, -0.2) is 4.79 Å². The van der Waals surface area contributed by atoms with Gasteiger partial charge < -0.3 is 20.5 Å². The molecule has 0 unspecified atom stereocenters. The van der Waals surface area contributed by atoms with Crippen LogP contribution < -0.4 is 11.1 Å². The molecule has 0 fully saturated rings. The second-order valence-electron chi connectivity index (χ2n) is 4.38. The minimum absolute atomic E-state index is 0.00117. The van der Waals surface area contributed by atoms with E-state index in [9.17, 15) is 9.59 Å². The van der Waals surface area contributed by atoms with E-state index in [4.69, 9.17) is 22.7 Å². The van der Waals surface area contributed by atoms with E-state index in [0.717, 1.165) is 0 Å². The van der Waals surface area contributed by atoms with Crippen LogP contribution in [0, 0.1) is 0 Å². The summed E-state index contributed by atoms with van der Waals surface area (Å²) in [6.07, 6.45) is -0.801. The zero-order chi connectivity index (χ0) is 13.6. The smallest absolute Gasteiger partial charge is 0.408 e. The summed E-state index contributed by atoms with van der Waals surface area (Å²) < 4.78 is 9.48. The molecule has 0 aliphatic carbocycles. The molecule has 0 heterocycles. The van der Waals surface area contributed by atoms with Gasteiger partial charge in [-0.05, 0) is 20.8 Å².